The molecule has 2 aromatic rings. The Kier molecular flexibility index (Phi) is 5.56. The highest BCUT2D eigenvalue weighted by Crippen LogP contribution is 2.36. The fourth-order valence-electron chi connectivity index (χ4n) is 2.98. The molecule has 26 heavy (non-hydrogen) atoms. The molecule has 0 saturated heterocycles. The van der Waals surface area contributed by atoms with Crippen LogP contribution in [0.5, 0.6) is 11.5 Å². The highest BCUT2D eigenvalue weighted by atomic mass is 16.6. The zero-order chi connectivity index (χ0) is 18.5. The molecular formula is C21H24N2O3. The second-order valence-corrected chi connectivity index (χ2v) is 6.49. The maximum atomic E-state index is 12.9. The number of rotatable bonds is 7. The summed E-state index contributed by atoms with van der Waals surface area (Å²) in [6, 6.07) is 13.0. The number of carbonyl (C=O) groups is 1. The van der Waals surface area contributed by atoms with Gasteiger partial charge in [0.25, 0.3) is 0 Å². The predicted octanol–water partition coefficient (Wildman–Crippen LogP) is 3.73. The van der Waals surface area contributed by atoms with Gasteiger partial charge in [0.05, 0.1) is 5.56 Å². The van der Waals surface area contributed by atoms with Crippen molar-refractivity contribution in [1.29, 1.82) is 5.41 Å². The molecule has 0 bridgehead atoms. The van der Waals surface area contributed by atoms with Crippen LogP contribution in [-0.4, -0.2) is 24.3 Å². The Balaban J connectivity index is 1.81. The third kappa shape index (κ3) is 3.87. The molecule has 1 unspecified atom stereocenters. The average molecular weight is 352 g/mol. The number of unbranched alkanes of at least 4 members (excludes halogenated alkanes) is 2. The van der Waals surface area contributed by atoms with Gasteiger partial charge < -0.3 is 15.2 Å². The van der Waals surface area contributed by atoms with Gasteiger partial charge in [-0.25, -0.2) is 0 Å². The van der Waals surface area contributed by atoms with E-state index in [2.05, 4.69) is 6.92 Å². The third-order valence-electron chi connectivity index (χ3n) is 4.51. The van der Waals surface area contributed by atoms with Crippen LogP contribution < -0.4 is 15.2 Å². The van der Waals surface area contributed by atoms with E-state index in [9.17, 15) is 4.79 Å². The zero-order valence-electron chi connectivity index (χ0n) is 15.0. The minimum absolute atomic E-state index is 0.116. The van der Waals surface area contributed by atoms with Crippen molar-refractivity contribution in [3.8, 4) is 11.5 Å². The summed E-state index contributed by atoms with van der Waals surface area (Å²) < 4.78 is 11.4. The summed E-state index contributed by atoms with van der Waals surface area (Å²) in [5.74, 6) is 0.615. The van der Waals surface area contributed by atoms with Crippen molar-refractivity contribution >= 4 is 11.6 Å². The second kappa shape index (κ2) is 8.04. The Morgan fingerprint density at radius 3 is 2.65 bits per heavy atom. The molecule has 1 aliphatic heterocycles. The molecule has 0 saturated carbocycles. The highest BCUT2D eigenvalue weighted by molar-refractivity contribution is 6.11. The number of nitrogens with one attached hydrogen (secondary N) is 1. The Hall–Kier alpha value is -2.82. The number of nitrogens with two attached hydrogens (primary N) is 1. The second-order valence-electron chi connectivity index (χ2n) is 6.49. The fourth-order valence-corrected chi connectivity index (χ4v) is 2.98. The third-order valence-corrected chi connectivity index (χ3v) is 4.51. The molecule has 0 fully saturated rings. The molecule has 1 heterocycles. The maximum Gasteiger partial charge on any atom is 0.196 e. The van der Waals surface area contributed by atoms with Crippen molar-refractivity contribution in [3.05, 3.63) is 59.2 Å². The molecule has 0 spiro atoms. The molecule has 5 heteroatoms. The Labute approximate surface area is 153 Å². The maximum absolute atomic E-state index is 12.9. The van der Waals surface area contributed by atoms with Crippen molar-refractivity contribution in [1.82, 2.24) is 0 Å². The summed E-state index contributed by atoms with van der Waals surface area (Å²) in [5.41, 5.74) is 7.79. The number of ketones is 1. The lowest BCUT2D eigenvalue weighted by molar-refractivity contribution is 0.101. The molecule has 3 rings (SSSR count). The molecule has 1 atom stereocenters. The summed E-state index contributed by atoms with van der Waals surface area (Å²) in [4.78, 5) is 12.9. The molecule has 5 nitrogen and oxygen atoms in total. The Bertz CT molecular complexity index is 799. The molecule has 3 N–H and O–H groups in total. The van der Waals surface area contributed by atoms with Crippen molar-refractivity contribution < 1.29 is 14.3 Å². The quantitative estimate of drug-likeness (QED) is 0.344. The topological polar surface area (TPSA) is 85.4 Å². The van der Waals surface area contributed by atoms with Gasteiger partial charge in [0, 0.05) is 5.56 Å². The van der Waals surface area contributed by atoms with Crippen LogP contribution >= 0.6 is 0 Å². The minimum Gasteiger partial charge on any atom is -0.485 e. The van der Waals surface area contributed by atoms with E-state index in [-0.39, 0.29) is 18.2 Å². The SMILES string of the molecule is CCCCCc1ccc(C(=O)c2cccc3c2OC(C(=N)N)CO3)cc1. The van der Waals surface area contributed by atoms with E-state index >= 15 is 0 Å². The number of ether oxygens (including phenoxy) is 2. The first-order valence-electron chi connectivity index (χ1n) is 9.00. The van der Waals surface area contributed by atoms with Crippen LogP contribution in [0.3, 0.4) is 0 Å². The highest BCUT2D eigenvalue weighted by Gasteiger charge is 2.28. The summed E-state index contributed by atoms with van der Waals surface area (Å²) in [5, 5.41) is 7.55. The normalized spacial score (nSPS) is 15.5. The van der Waals surface area contributed by atoms with Crippen LogP contribution in [0, 0.1) is 5.41 Å². The summed E-state index contributed by atoms with van der Waals surface area (Å²) in [6.07, 6.45) is 3.93. The van der Waals surface area contributed by atoms with E-state index in [0.29, 0.717) is 22.6 Å². The lowest BCUT2D eigenvalue weighted by Crippen LogP contribution is -2.40. The molecule has 0 aliphatic carbocycles. The lowest BCUT2D eigenvalue weighted by Gasteiger charge is -2.27. The molecule has 0 radical (unpaired) electrons. The molecule has 0 aromatic heterocycles. The lowest BCUT2D eigenvalue weighted by atomic mass is 9.99. The van der Waals surface area contributed by atoms with E-state index in [4.69, 9.17) is 20.6 Å². The predicted molar refractivity (Wildman–Crippen MR) is 101 cm³/mol. The van der Waals surface area contributed by atoms with Crippen molar-refractivity contribution in [2.75, 3.05) is 6.61 Å². The number of fused-ring (bicyclic) bond motifs is 1. The number of carbonyl (C=O) groups excluding carboxylic acids is 1. The van der Waals surface area contributed by atoms with Crippen LogP contribution in [0.2, 0.25) is 0 Å². The number of aryl methyl sites for hydroxylation is 1. The smallest absolute Gasteiger partial charge is 0.196 e. The number of para-hydroxylation sites is 1. The van der Waals surface area contributed by atoms with Crippen molar-refractivity contribution in [2.24, 2.45) is 5.73 Å². The van der Waals surface area contributed by atoms with Crippen LogP contribution in [0.4, 0.5) is 0 Å². The first-order valence-corrected chi connectivity index (χ1v) is 9.00. The zero-order valence-corrected chi connectivity index (χ0v) is 15.0. The largest absolute Gasteiger partial charge is 0.485 e. The van der Waals surface area contributed by atoms with Crippen LogP contribution in [0.1, 0.15) is 47.7 Å². The number of hydrogen-bond acceptors (Lipinski definition) is 4. The van der Waals surface area contributed by atoms with E-state index in [1.165, 1.54) is 18.4 Å². The first-order chi connectivity index (χ1) is 12.6. The van der Waals surface area contributed by atoms with E-state index in [0.717, 1.165) is 12.8 Å². The van der Waals surface area contributed by atoms with Gasteiger partial charge in [-0.3, -0.25) is 10.2 Å². The van der Waals surface area contributed by atoms with E-state index in [1.807, 2.05) is 24.3 Å². The van der Waals surface area contributed by atoms with Crippen LogP contribution in [0.15, 0.2) is 42.5 Å². The van der Waals surface area contributed by atoms with E-state index < -0.39 is 6.10 Å². The summed E-state index contributed by atoms with van der Waals surface area (Å²) in [6.45, 7) is 2.36. The molecular weight excluding hydrogens is 328 g/mol. The summed E-state index contributed by atoms with van der Waals surface area (Å²) >= 11 is 0. The van der Waals surface area contributed by atoms with Gasteiger partial charge in [0.1, 0.15) is 12.4 Å². The summed E-state index contributed by atoms with van der Waals surface area (Å²) in [7, 11) is 0. The fraction of sp³-hybridized carbons (Fsp3) is 0.333. The van der Waals surface area contributed by atoms with Gasteiger partial charge in [-0.15, -0.1) is 0 Å². The monoisotopic (exact) mass is 352 g/mol. The van der Waals surface area contributed by atoms with Gasteiger partial charge in [0.15, 0.2) is 23.4 Å². The van der Waals surface area contributed by atoms with Crippen molar-refractivity contribution in [2.45, 2.75) is 38.7 Å². The van der Waals surface area contributed by atoms with Gasteiger partial charge in [-0.2, -0.15) is 0 Å². The van der Waals surface area contributed by atoms with Crippen LogP contribution in [0.25, 0.3) is 0 Å². The van der Waals surface area contributed by atoms with Gasteiger partial charge in [0.2, 0.25) is 0 Å². The van der Waals surface area contributed by atoms with Crippen LogP contribution in [-0.2, 0) is 6.42 Å². The number of amidine groups is 1. The average Bonchev–Trinajstić information content (AvgIpc) is 2.67. The molecule has 136 valence electrons. The molecule has 0 amide bonds. The van der Waals surface area contributed by atoms with Crippen molar-refractivity contribution in [3.63, 3.8) is 0 Å². The minimum atomic E-state index is -0.669. The molecule has 1 aliphatic rings. The Morgan fingerprint density at radius 1 is 1.19 bits per heavy atom. The van der Waals surface area contributed by atoms with Gasteiger partial charge in [-0.05, 0) is 30.5 Å². The number of hydrogen-bond donors (Lipinski definition) is 2. The first kappa shape index (κ1) is 18.0. The Morgan fingerprint density at radius 2 is 1.96 bits per heavy atom. The number of benzene rings is 2. The van der Waals surface area contributed by atoms with Gasteiger partial charge in [-0.1, -0.05) is 50.1 Å². The van der Waals surface area contributed by atoms with E-state index in [1.54, 1.807) is 18.2 Å². The van der Waals surface area contributed by atoms with Gasteiger partial charge >= 0.3 is 0 Å². The molecule has 2 aromatic carbocycles. The standard InChI is InChI=1S/C21H24N2O3/c1-2-3-4-6-14-9-11-15(12-10-14)19(24)16-7-5-8-17-20(16)26-18(13-25-17)21(22)23/h5,7-12,18H,2-4,6,13H2,1H3,(H3,22,23).